The van der Waals surface area contributed by atoms with E-state index in [2.05, 4.69) is 39.8 Å². The van der Waals surface area contributed by atoms with Crippen LogP contribution in [0.15, 0.2) is 12.1 Å². The van der Waals surface area contributed by atoms with Crippen molar-refractivity contribution in [1.29, 1.82) is 0 Å². The van der Waals surface area contributed by atoms with E-state index in [9.17, 15) is 5.11 Å². The van der Waals surface area contributed by atoms with Gasteiger partial charge in [0.05, 0.1) is 5.60 Å². The Morgan fingerprint density at radius 1 is 1.33 bits per heavy atom. The lowest BCUT2D eigenvalue weighted by Gasteiger charge is -2.42. The third-order valence-corrected chi connectivity index (χ3v) is 6.22. The number of hydrogen-bond donors (Lipinski definition) is 1. The van der Waals surface area contributed by atoms with Crippen molar-refractivity contribution in [3.63, 3.8) is 0 Å². The smallest absolute Gasteiger partial charge is 0.0988 e. The highest BCUT2D eigenvalue weighted by Crippen LogP contribution is 2.47. The van der Waals surface area contributed by atoms with Gasteiger partial charge in [0.25, 0.3) is 0 Å². The molecule has 1 aromatic heterocycles. The van der Waals surface area contributed by atoms with Gasteiger partial charge in [-0.25, -0.2) is 0 Å². The first kappa shape index (κ1) is 14.1. The lowest BCUT2D eigenvalue weighted by Crippen LogP contribution is -2.35. The second-order valence-electron chi connectivity index (χ2n) is 6.56. The fraction of sp³-hybridized carbons (Fsp3) is 0.750. The summed E-state index contributed by atoms with van der Waals surface area (Å²) >= 11 is 1.76. The van der Waals surface area contributed by atoms with E-state index in [1.54, 1.807) is 11.3 Å². The highest BCUT2D eigenvalue weighted by Gasteiger charge is 2.39. The third kappa shape index (κ3) is 2.65. The molecule has 0 atom stereocenters. The second-order valence-corrected chi connectivity index (χ2v) is 7.85. The molecule has 2 rings (SSSR count). The molecule has 2 heteroatoms. The van der Waals surface area contributed by atoms with Gasteiger partial charge in [0.2, 0.25) is 0 Å². The van der Waals surface area contributed by atoms with Crippen LogP contribution in [0.5, 0.6) is 0 Å². The Kier molecular flexibility index (Phi) is 3.89. The maximum absolute atomic E-state index is 10.8. The summed E-state index contributed by atoms with van der Waals surface area (Å²) in [5.41, 5.74) is -0.119. The Morgan fingerprint density at radius 2 is 1.94 bits per heavy atom. The monoisotopic (exact) mass is 266 g/mol. The average molecular weight is 266 g/mol. The van der Waals surface area contributed by atoms with Crippen molar-refractivity contribution in [1.82, 2.24) is 0 Å². The zero-order valence-corrected chi connectivity index (χ0v) is 12.9. The van der Waals surface area contributed by atoms with Crippen molar-refractivity contribution >= 4 is 11.3 Å². The van der Waals surface area contributed by atoms with Crippen LogP contribution in [-0.2, 0) is 5.60 Å². The molecular formula is C16H26OS. The summed E-state index contributed by atoms with van der Waals surface area (Å²) in [6.45, 7) is 9.14. The van der Waals surface area contributed by atoms with Crippen molar-refractivity contribution in [2.75, 3.05) is 0 Å². The van der Waals surface area contributed by atoms with Crippen molar-refractivity contribution in [2.24, 2.45) is 11.3 Å². The normalized spacial score (nSPS) is 29.5. The molecule has 0 bridgehead atoms. The second kappa shape index (κ2) is 4.97. The standard InChI is InChI=1S/C16H26OS/c1-5-15(3,4)13-8-10-16(17,11-9-13)14-7-6-12(2)18-14/h6-7,13,17H,5,8-11H2,1-4H3. The molecule has 1 aliphatic rings. The topological polar surface area (TPSA) is 20.2 Å². The number of aryl methyl sites for hydroxylation is 1. The van der Waals surface area contributed by atoms with Gasteiger partial charge in [-0.1, -0.05) is 27.2 Å². The van der Waals surface area contributed by atoms with Gasteiger partial charge in [0.1, 0.15) is 0 Å². The molecule has 0 spiro atoms. The number of rotatable bonds is 3. The quantitative estimate of drug-likeness (QED) is 0.827. The van der Waals surface area contributed by atoms with Crippen LogP contribution in [0.25, 0.3) is 0 Å². The molecule has 1 heterocycles. The van der Waals surface area contributed by atoms with E-state index in [1.165, 1.54) is 16.2 Å². The molecule has 1 aliphatic carbocycles. The van der Waals surface area contributed by atoms with E-state index < -0.39 is 5.60 Å². The molecule has 0 aromatic carbocycles. The van der Waals surface area contributed by atoms with Gasteiger partial charge in [-0.15, -0.1) is 11.3 Å². The van der Waals surface area contributed by atoms with Gasteiger partial charge in [-0.2, -0.15) is 0 Å². The van der Waals surface area contributed by atoms with Crippen LogP contribution in [0.1, 0.15) is 62.6 Å². The molecule has 1 nitrogen and oxygen atoms in total. The van der Waals surface area contributed by atoms with E-state index in [0.717, 1.165) is 31.6 Å². The third-order valence-electron chi connectivity index (χ3n) is 5.03. The van der Waals surface area contributed by atoms with Crippen LogP contribution < -0.4 is 0 Å². The van der Waals surface area contributed by atoms with Crippen LogP contribution in [-0.4, -0.2) is 5.11 Å². The molecule has 0 radical (unpaired) electrons. The number of thiophene rings is 1. The van der Waals surface area contributed by atoms with E-state index >= 15 is 0 Å². The van der Waals surface area contributed by atoms with E-state index in [-0.39, 0.29) is 0 Å². The molecule has 18 heavy (non-hydrogen) atoms. The molecule has 0 aliphatic heterocycles. The lowest BCUT2D eigenvalue weighted by atomic mass is 9.66. The molecule has 1 saturated carbocycles. The van der Waals surface area contributed by atoms with Crippen LogP contribution in [0.3, 0.4) is 0 Å². The Labute approximate surface area is 115 Å². The maximum Gasteiger partial charge on any atom is 0.0988 e. The highest BCUT2D eigenvalue weighted by atomic mass is 32.1. The van der Waals surface area contributed by atoms with Gasteiger partial charge >= 0.3 is 0 Å². The molecule has 1 aromatic rings. The first-order chi connectivity index (χ1) is 8.37. The average Bonchev–Trinajstić information content (AvgIpc) is 2.77. The largest absolute Gasteiger partial charge is 0.384 e. The van der Waals surface area contributed by atoms with E-state index in [1.807, 2.05) is 0 Å². The molecular weight excluding hydrogens is 240 g/mol. The van der Waals surface area contributed by atoms with Crippen molar-refractivity contribution < 1.29 is 5.11 Å². The molecule has 102 valence electrons. The molecule has 1 N–H and O–H groups in total. The summed E-state index contributed by atoms with van der Waals surface area (Å²) in [7, 11) is 0. The van der Waals surface area contributed by atoms with Gasteiger partial charge < -0.3 is 5.11 Å². The number of aliphatic hydroxyl groups is 1. The molecule has 0 amide bonds. The van der Waals surface area contributed by atoms with Crippen molar-refractivity contribution in [2.45, 2.75) is 65.4 Å². The van der Waals surface area contributed by atoms with Crippen molar-refractivity contribution in [3.8, 4) is 0 Å². The summed E-state index contributed by atoms with van der Waals surface area (Å²) in [5, 5.41) is 10.8. The molecule has 1 fully saturated rings. The van der Waals surface area contributed by atoms with Crippen LogP contribution >= 0.6 is 11.3 Å². The van der Waals surface area contributed by atoms with Gasteiger partial charge in [0.15, 0.2) is 0 Å². The fourth-order valence-corrected chi connectivity index (χ4v) is 4.11. The first-order valence-corrected chi connectivity index (χ1v) is 7.98. The lowest BCUT2D eigenvalue weighted by molar-refractivity contribution is -0.0300. The summed E-state index contributed by atoms with van der Waals surface area (Å²) < 4.78 is 0. The SMILES string of the molecule is CCC(C)(C)C1CCC(O)(c2ccc(C)s2)CC1. The minimum Gasteiger partial charge on any atom is -0.384 e. The number of hydrogen-bond acceptors (Lipinski definition) is 2. The Morgan fingerprint density at radius 3 is 2.39 bits per heavy atom. The molecule has 0 unspecified atom stereocenters. The van der Waals surface area contributed by atoms with Gasteiger partial charge in [-0.3, -0.25) is 0 Å². The van der Waals surface area contributed by atoms with Gasteiger partial charge in [-0.05, 0) is 56.1 Å². The predicted octanol–water partition coefficient (Wildman–Crippen LogP) is 4.87. The Bertz CT molecular complexity index is 397. The van der Waals surface area contributed by atoms with Crippen LogP contribution in [0.4, 0.5) is 0 Å². The maximum atomic E-state index is 10.8. The van der Waals surface area contributed by atoms with Crippen LogP contribution in [0, 0.1) is 18.3 Å². The van der Waals surface area contributed by atoms with Crippen molar-refractivity contribution in [3.05, 3.63) is 21.9 Å². The summed E-state index contributed by atoms with van der Waals surface area (Å²) in [6.07, 6.45) is 5.42. The summed E-state index contributed by atoms with van der Waals surface area (Å²) in [5.74, 6) is 0.767. The molecule has 0 saturated heterocycles. The zero-order valence-electron chi connectivity index (χ0n) is 12.1. The van der Waals surface area contributed by atoms with E-state index in [4.69, 9.17) is 0 Å². The Balaban J connectivity index is 2.06. The minimum absolute atomic E-state index is 0.423. The summed E-state index contributed by atoms with van der Waals surface area (Å²) in [4.78, 5) is 2.47. The highest BCUT2D eigenvalue weighted by molar-refractivity contribution is 7.12. The first-order valence-electron chi connectivity index (χ1n) is 7.17. The minimum atomic E-state index is -0.542. The van der Waals surface area contributed by atoms with E-state index in [0.29, 0.717) is 5.41 Å². The Hall–Kier alpha value is -0.340. The zero-order chi connectivity index (χ0) is 13.4. The van der Waals surface area contributed by atoms with Gasteiger partial charge in [0, 0.05) is 9.75 Å². The van der Waals surface area contributed by atoms with Crippen LogP contribution in [0.2, 0.25) is 0 Å². The summed E-state index contributed by atoms with van der Waals surface area (Å²) in [6, 6.07) is 4.24. The predicted molar refractivity (Wildman–Crippen MR) is 79.0 cm³/mol. The fourth-order valence-electron chi connectivity index (χ4n) is 3.10.